The number of benzene rings is 3. The van der Waals surface area contributed by atoms with Crippen molar-refractivity contribution in [3.05, 3.63) is 100 Å². The Morgan fingerprint density at radius 1 is 1.05 bits per heavy atom. The van der Waals surface area contributed by atoms with E-state index in [1.807, 2.05) is 0 Å². The van der Waals surface area contributed by atoms with Crippen molar-refractivity contribution in [2.45, 2.75) is 6.18 Å². The molecule has 15 heteroatoms. The van der Waals surface area contributed by atoms with E-state index in [1.54, 1.807) is 6.07 Å². The van der Waals surface area contributed by atoms with Gasteiger partial charge in [0.25, 0.3) is 11.6 Å². The van der Waals surface area contributed by atoms with Gasteiger partial charge in [-0.1, -0.05) is 22.0 Å². The second-order valence-electron chi connectivity index (χ2n) is 7.28. The van der Waals surface area contributed by atoms with Crippen LogP contribution in [0.3, 0.4) is 0 Å². The number of nitro groups is 2. The normalized spacial score (nSPS) is 11.4. The molecule has 3 rings (SSSR count). The Kier molecular flexibility index (Phi) is 8.49. The van der Waals surface area contributed by atoms with E-state index >= 15 is 0 Å². The van der Waals surface area contributed by atoms with Crippen LogP contribution in [0, 0.1) is 31.6 Å². The largest absolute Gasteiger partial charge is 0.448 e. The molecule has 0 aliphatic rings. The Balaban J connectivity index is 2.03. The molecule has 10 nitrogen and oxygen atoms in total. The van der Waals surface area contributed by atoms with Crippen molar-refractivity contribution in [1.29, 1.82) is 5.26 Å². The number of ether oxygens (including phenoxy) is 1. The molecule has 1 amide bonds. The van der Waals surface area contributed by atoms with Gasteiger partial charge in [0, 0.05) is 33.9 Å². The first-order valence-corrected chi connectivity index (χ1v) is 11.6. The van der Waals surface area contributed by atoms with Crippen LogP contribution in [-0.2, 0) is 11.0 Å². The van der Waals surface area contributed by atoms with Crippen molar-refractivity contribution < 1.29 is 32.5 Å². The molecule has 0 spiro atoms. The van der Waals surface area contributed by atoms with Gasteiger partial charge in [0.05, 0.1) is 19.9 Å². The third kappa shape index (κ3) is 6.72. The number of nitriles is 1. The monoisotopic (exact) mass is 654 g/mol. The zero-order valence-corrected chi connectivity index (χ0v) is 21.6. The minimum Gasteiger partial charge on any atom is -0.448 e. The second-order valence-corrected chi connectivity index (χ2v) is 9.05. The summed E-state index contributed by atoms with van der Waals surface area (Å²) in [6.07, 6.45) is -3.75. The smallest absolute Gasteiger partial charge is 0.416 e. The lowest BCUT2D eigenvalue weighted by Gasteiger charge is -2.14. The summed E-state index contributed by atoms with van der Waals surface area (Å²) in [5, 5.41) is 34.4. The average Bonchev–Trinajstić information content (AvgIpc) is 2.83. The molecular weight excluding hydrogens is 645 g/mol. The van der Waals surface area contributed by atoms with Crippen molar-refractivity contribution in [1.82, 2.24) is 0 Å². The lowest BCUT2D eigenvalue weighted by Crippen LogP contribution is -2.13. The van der Waals surface area contributed by atoms with Crippen molar-refractivity contribution in [2.24, 2.45) is 0 Å². The van der Waals surface area contributed by atoms with Gasteiger partial charge >= 0.3 is 11.9 Å². The maximum atomic E-state index is 13.1. The number of carbonyl (C=O) groups excluding carboxylic acids is 1. The van der Waals surface area contributed by atoms with Crippen LogP contribution < -0.4 is 10.1 Å². The molecule has 38 heavy (non-hydrogen) atoms. The van der Waals surface area contributed by atoms with Gasteiger partial charge in [-0.3, -0.25) is 25.0 Å². The van der Waals surface area contributed by atoms with Gasteiger partial charge in [-0.15, -0.1) is 0 Å². The van der Waals surface area contributed by atoms with Gasteiger partial charge in [-0.25, -0.2) is 0 Å². The number of non-ortho nitro benzene ring substituents is 1. The fourth-order valence-electron chi connectivity index (χ4n) is 3.03. The lowest BCUT2D eigenvalue weighted by atomic mass is 10.1. The molecule has 0 aromatic heterocycles. The summed E-state index contributed by atoms with van der Waals surface area (Å²) >= 11 is 6.44. The highest BCUT2D eigenvalue weighted by molar-refractivity contribution is 9.11. The highest BCUT2D eigenvalue weighted by Crippen LogP contribution is 2.42. The first-order chi connectivity index (χ1) is 17.8. The number of hydrogen-bond acceptors (Lipinski definition) is 7. The predicted molar refractivity (Wildman–Crippen MR) is 135 cm³/mol. The number of halogens is 5. The van der Waals surface area contributed by atoms with E-state index in [9.17, 15) is 43.5 Å². The SMILES string of the molecule is N#C/C(=C\c1cc(Br)cc(Br)c1Oc1ccc(C(F)(F)F)cc1[N+](=O)[O-])C(=O)Nc1cccc([N+](=O)[O-])c1. The van der Waals surface area contributed by atoms with Gasteiger partial charge in [-0.2, -0.15) is 18.4 Å². The zero-order chi connectivity index (χ0) is 28.2. The number of anilines is 1. The van der Waals surface area contributed by atoms with Crippen LogP contribution in [0.5, 0.6) is 11.5 Å². The maximum absolute atomic E-state index is 13.1. The van der Waals surface area contributed by atoms with Crippen LogP contribution in [0.15, 0.2) is 69.1 Å². The number of nitro benzene ring substituents is 2. The predicted octanol–water partition coefficient (Wildman–Crippen LogP) is 7.38. The summed E-state index contributed by atoms with van der Waals surface area (Å²) in [5.41, 5.74) is -2.91. The molecule has 0 saturated carbocycles. The summed E-state index contributed by atoms with van der Waals surface area (Å²) in [5.74, 6) is -1.61. The third-order valence-corrected chi connectivity index (χ3v) is 5.76. The van der Waals surface area contributed by atoms with Gasteiger partial charge in [0.1, 0.15) is 17.4 Å². The van der Waals surface area contributed by atoms with Gasteiger partial charge in [0.2, 0.25) is 5.75 Å². The van der Waals surface area contributed by atoms with Crippen LogP contribution in [0.2, 0.25) is 0 Å². The second kappa shape index (κ2) is 11.4. The molecule has 3 aromatic carbocycles. The molecule has 1 N–H and O–H groups in total. The van der Waals surface area contributed by atoms with Crippen LogP contribution in [0.4, 0.5) is 30.2 Å². The third-order valence-electron chi connectivity index (χ3n) is 4.71. The summed E-state index contributed by atoms with van der Waals surface area (Å²) < 4.78 is 45.4. The number of carbonyl (C=O) groups is 1. The Bertz CT molecular complexity index is 1540. The maximum Gasteiger partial charge on any atom is 0.416 e. The van der Waals surface area contributed by atoms with E-state index in [-0.39, 0.29) is 27.2 Å². The van der Waals surface area contributed by atoms with E-state index in [0.717, 1.165) is 18.2 Å². The number of nitrogens with one attached hydrogen (secondary N) is 1. The Morgan fingerprint density at radius 2 is 1.76 bits per heavy atom. The summed E-state index contributed by atoms with van der Waals surface area (Å²) in [4.78, 5) is 33.4. The first-order valence-electron chi connectivity index (χ1n) is 10.00. The number of amides is 1. The van der Waals surface area contributed by atoms with Crippen LogP contribution in [0.1, 0.15) is 11.1 Å². The number of hydrogen-bond donors (Lipinski definition) is 1. The van der Waals surface area contributed by atoms with Crippen LogP contribution in [-0.4, -0.2) is 15.8 Å². The van der Waals surface area contributed by atoms with Gasteiger partial charge in [-0.05, 0) is 52.3 Å². The first kappa shape index (κ1) is 28.3. The minimum absolute atomic E-state index is 0.0395. The molecule has 0 aliphatic carbocycles. The van der Waals surface area contributed by atoms with Gasteiger partial charge < -0.3 is 10.1 Å². The topological polar surface area (TPSA) is 148 Å². The molecule has 0 heterocycles. The zero-order valence-electron chi connectivity index (χ0n) is 18.5. The molecule has 0 radical (unpaired) electrons. The van der Waals surface area contributed by atoms with Crippen LogP contribution >= 0.6 is 31.9 Å². The molecule has 0 aliphatic heterocycles. The van der Waals surface area contributed by atoms with Crippen molar-refractivity contribution >= 4 is 60.9 Å². The molecule has 3 aromatic rings. The molecular formula is C23H11Br2F3N4O6. The van der Waals surface area contributed by atoms with E-state index in [2.05, 4.69) is 37.2 Å². The van der Waals surface area contributed by atoms with Crippen molar-refractivity contribution in [3.8, 4) is 17.6 Å². The van der Waals surface area contributed by atoms with Crippen molar-refractivity contribution in [3.63, 3.8) is 0 Å². The summed E-state index contributed by atoms with van der Waals surface area (Å²) in [7, 11) is 0. The average molecular weight is 656 g/mol. The molecule has 0 saturated heterocycles. The van der Waals surface area contributed by atoms with Gasteiger partial charge in [0.15, 0.2) is 0 Å². The number of alkyl halides is 3. The number of nitrogens with zero attached hydrogens (tertiary/aromatic N) is 3. The molecule has 194 valence electrons. The lowest BCUT2D eigenvalue weighted by molar-refractivity contribution is -0.385. The molecule has 0 bridgehead atoms. The summed E-state index contributed by atoms with van der Waals surface area (Å²) in [6.45, 7) is 0. The van der Waals surface area contributed by atoms with E-state index in [4.69, 9.17) is 4.74 Å². The standard InChI is InChI=1S/C23H11Br2F3N4O6/c24-15-7-12(6-13(11-29)22(33)30-16-2-1-3-17(10-16)31(34)35)21(18(25)9-15)38-20-5-4-14(23(26,27)28)8-19(20)32(36)37/h1-10H,(H,30,33)/b13-6+. The van der Waals surface area contributed by atoms with E-state index in [1.165, 1.54) is 30.3 Å². The fourth-order valence-corrected chi connectivity index (χ4v) is 4.37. The highest BCUT2D eigenvalue weighted by Gasteiger charge is 2.33. The summed E-state index contributed by atoms with van der Waals surface area (Å²) in [6, 6.07) is 11.3. The minimum atomic E-state index is -4.83. The molecule has 0 unspecified atom stereocenters. The quantitative estimate of drug-likeness (QED) is 0.121. The van der Waals surface area contributed by atoms with Crippen LogP contribution in [0.25, 0.3) is 6.08 Å². The fraction of sp³-hybridized carbons (Fsp3) is 0.0435. The van der Waals surface area contributed by atoms with Crippen molar-refractivity contribution in [2.75, 3.05) is 5.32 Å². The van der Waals surface area contributed by atoms with E-state index in [0.29, 0.717) is 16.6 Å². The highest BCUT2D eigenvalue weighted by atomic mass is 79.9. The molecule has 0 fully saturated rings. The Hall–Kier alpha value is -4.29. The molecule has 0 atom stereocenters. The van der Waals surface area contributed by atoms with E-state index < -0.39 is 44.5 Å². The Labute approximate surface area is 227 Å². The number of rotatable bonds is 7. The Morgan fingerprint density at radius 3 is 2.37 bits per heavy atom.